The molecule has 0 aromatic heterocycles. The first kappa shape index (κ1) is 13.0. The second kappa shape index (κ2) is 5.44. The Morgan fingerprint density at radius 3 is 2.47 bits per heavy atom. The molecule has 2 N–H and O–H groups in total. The van der Waals surface area contributed by atoms with E-state index in [2.05, 4.69) is 58.6 Å². The molecular weight excluding hydrogens is 325 g/mol. The van der Waals surface area contributed by atoms with Gasteiger partial charge in [-0.05, 0) is 67.7 Å². The van der Waals surface area contributed by atoms with Crippen molar-refractivity contribution in [3.05, 3.63) is 21.8 Å². The van der Waals surface area contributed by atoms with Crippen molar-refractivity contribution in [2.45, 2.75) is 18.9 Å². The highest BCUT2D eigenvalue weighted by molar-refractivity contribution is 14.1. The van der Waals surface area contributed by atoms with Crippen molar-refractivity contribution in [1.82, 2.24) is 4.90 Å². The first-order valence-electron chi connectivity index (χ1n) is 6.04. The van der Waals surface area contributed by atoms with Gasteiger partial charge in [0, 0.05) is 22.7 Å². The quantitative estimate of drug-likeness (QED) is 0.660. The summed E-state index contributed by atoms with van der Waals surface area (Å²) in [5, 5.41) is 0. The summed E-state index contributed by atoms with van der Waals surface area (Å²) in [7, 11) is 4.33. The minimum atomic E-state index is 0.719. The van der Waals surface area contributed by atoms with E-state index in [1.54, 1.807) is 0 Å². The Bertz CT molecular complexity index is 384. The van der Waals surface area contributed by atoms with E-state index in [-0.39, 0.29) is 0 Å². The highest BCUT2D eigenvalue weighted by Gasteiger charge is 2.21. The van der Waals surface area contributed by atoms with Crippen LogP contribution in [0.2, 0.25) is 0 Å². The first-order chi connectivity index (χ1) is 8.08. The molecule has 2 rings (SSSR count). The SMILES string of the molecule is CN(C)C1CCN(c2ccc(I)cc2N)CC1. The van der Waals surface area contributed by atoms with E-state index >= 15 is 0 Å². The van der Waals surface area contributed by atoms with Crippen LogP contribution in [0.5, 0.6) is 0 Å². The molecule has 0 bridgehead atoms. The van der Waals surface area contributed by atoms with Gasteiger partial charge < -0.3 is 15.5 Å². The molecule has 3 nitrogen and oxygen atoms in total. The normalized spacial score (nSPS) is 17.8. The number of hydrogen-bond acceptors (Lipinski definition) is 3. The fourth-order valence-electron chi connectivity index (χ4n) is 2.44. The summed E-state index contributed by atoms with van der Waals surface area (Å²) in [6.45, 7) is 2.21. The highest BCUT2D eigenvalue weighted by atomic mass is 127. The van der Waals surface area contributed by atoms with Crippen LogP contribution in [0.15, 0.2) is 18.2 Å². The average molecular weight is 345 g/mol. The van der Waals surface area contributed by atoms with Crippen LogP contribution in [0.1, 0.15) is 12.8 Å². The summed E-state index contributed by atoms with van der Waals surface area (Å²) < 4.78 is 1.20. The van der Waals surface area contributed by atoms with Crippen LogP contribution in [0.4, 0.5) is 11.4 Å². The Labute approximate surface area is 117 Å². The second-order valence-corrected chi connectivity index (χ2v) is 6.13. The van der Waals surface area contributed by atoms with Gasteiger partial charge in [-0.2, -0.15) is 0 Å². The van der Waals surface area contributed by atoms with E-state index in [4.69, 9.17) is 5.73 Å². The van der Waals surface area contributed by atoms with Crippen LogP contribution in [-0.2, 0) is 0 Å². The predicted molar refractivity (Wildman–Crippen MR) is 82.5 cm³/mol. The Balaban J connectivity index is 2.05. The molecule has 94 valence electrons. The number of rotatable bonds is 2. The molecule has 1 aliphatic heterocycles. The maximum atomic E-state index is 6.09. The van der Waals surface area contributed by atoms with Crippen LogP contribution >= 0.6 is 22.6 Å². The third-order valence-corrected chi connectivity index (χ3v) is 4.20. The summed E-state index contributed by atoms with van der Waals surface area (Å²) in [4.78, 5) is 4.74. The van der Waals surface area contributed by atoms with Gasteiger partial charge in [0.25, 0.3) is 0 Å². The third-order valence-electron chi connectivity index (χ3n) is 3.53. The van der Waals surface area contributed by atoms with E-state index < -0.39 is 0 Å². The largest absolute Gasteiger partial charge is 0.397 e. The van der Waals surface area contributed by atoms with Crippen LogP contribution in [0, 0.1) is 3.57 Å². The third kappa shape index (κ3) is 3.04. The van der Waals surface area contributed by atoms with Crippen LogP contribution in [0.3, 0.4) is 0 Å². The number of benzene rings is 1. The van der Waals surface area contributed by atoms with Crippen LogP contribution in [-0.4, -0.2) is 38.1 Å². The average Bonchev–Trinajstić information content (AvgIpc) is 2.29. The number of nitrogen functional groups attached to an aromatic ring is 1. The van der Waals surface area contributed by atoms with E-state index in [1.807, 2.05) is 6.07 Å². The summed E-state index contributed by atoms with van der Waals surface area (Å²) in [6, 6.07) is 7.04. The van der Waals surface area contributed by atoms with E-state index in [0.29, 0.717) is 0 Å². The summed E-state index contributed by atoms with van der Waals surface area (Å²) in [6.07, 6.45) is 2.44. The van der Waals surface area contributed by atoms with Crippen molar-refractivity contribution in [2.24, 2.45) is 0 Å². The number of hydrogen-bond donors (Lipinski definition) is 1. The molecule has 0 spiro atoms. The maximum Gasteiger partial charge on any atom is 0.0600 e. The predicted octanol–water partition coefficient (Wildman–Crippen LogP) is 2.40. The Hall–Kier alpha value is -0.490. The second-order valence-electron chi connectivity index (χ2n) is 4.88. The lowest BCUT2D eigenvalue weighted by Gasteiger charge is -2.37. The van der Waals surface area contributed by atoms with E-state index in [1.165, 1.54) is 22.1 Å². The monoisotopic (exact) mass is 345 g/mol. The first-order valence-corrected chi connectivity index (χ1v) is 7.12. The molecule has 1 fully saturated rings. The standard InChI is InChI=1S/C13H20IN3/c1-16(2)11-5-7-17(8-6-11)13-4-3-10(14)9-12(13)15/h3-4,9,11H,5-8,15H2,1-2H3. The van der Waals surface area contributed by atoms with Crippen molar-refractivity contribution in [3.8, 4) is 0 Å². The van der Waals surface area contributed by atoms with Crippen molar-refractivity contribution < 1.29 is 0 Å². The van der Waals surface area contributed by atoms with Gasteiger partial charge >= 0.3 is 0 Å². The number of halogens is 1. The lowest BCUT2D eigenvalue weighted by atomic mass is 10.0. The fraction of sp³-hybridized carbons (Fsp3) is 0.538. The Morgan fingerprint density at radius 2 is 1.94 bits per heavy atom. The number of nitrogens with zero attached hydrogens (tertiary/aromatic N) is 2. The van der Waals surface area contributed by atoms with Gasteiger partial charge in [0.15, 0.2) is 0 Å². The zero-order valence-corrected chi connectivity index (χ0v) is 12.6. The zero-order valence-electron chi connectivity index (χ0n) is 10.5. The molecule has 0 aliphatic carbocycles. The zero-order chi connectivity index (χ0) is 12.4. The smallest absolute Gasteiger partial charge is 0.0600 e. The Kier molecular flexibility index (Phi) is 4.14. The molecule has 1 heterocycles. The van der Waals surface area contributed by atoms with Crippen molar-refractivity contribution in [1.29, 1.82) is 0 Å². The minimum absolute atomic E-state index is 0.719. The lowest BCUT2D eigenvalue weighted by molar-refractivity contribution is 0.250. The molecular formula is C13H20IN3. The lowest BCUT2D eigenvalue weighted by Crippen LogP contribution is -2.42. The van der Waals surface area contributed by atoms with Gasteiger partial charge in [0.1, 0.15) is 0 Å². The van der Waals surface area contributed by atoms with Gasteiger partial charge in [-0.1, -0.05) is 0 Å². The highest BCUT2D eigenvalue weighted by Crippen LogP contribution is 2.28. The van der Waals surface area contributed by atoms with Crippen molar-refractivity contribution >= 4 is 34.0 Å². The molecule has 1 aromatic rings. The molecule has 4 heteroatoms. The summed E-state index contributed by atoms with van der Waals surface area (Å²) in [5.74, 6) is 0. The molecule has 0 atom stereocenters. The van der Waals surface area contributed by atoms with Crippen LogP contribution < -0.4 is 10.6 Å². The topological polar surface area (TPSA) is 32.5 Å². The van der Waals surface area contributed by atoms with E-state index in [0.717, 1.165) is 24.8 Å². The van der Waals surface area contributed by atoms with Gasteiger partial charge in [-0.25, -0.2) is 0 Å². The number of nitrogens with two attached hydrogens (primary N) is 1. The molecule has 1 aromatic carbocycles. The molecule has 0 radical (unpaired) electrons. The fourth-order valence-corrected chi connectivity index (χ4v) is 2.95. The maximum absolute atomic E-state index is 6.09. The van der Waals surface area contributed by atoms with Gasteiger partial charge in [0.2, 0.25) is 0 Å². The Morgan fingerprint density at radius 1 is 1.29 bits per heavy atom. The summed E-state index contributed by atoms with van der Waals surface area (Å²) >= 11 is 2.30. The molecule has 0 amide bonds. The summed E-state index contributed by atoms with van der Waals surface area (Å²) in [5.41, 5.74) is 8.19. The van der Waals surface area contributed by atoms with Crippen LogP contribution in [0.25, 0.3) is 0 Å². The van der Waals surface area contributed by atoms with Crippen molar-refractivity contribution in [3.63, 3.8) is 0 Å². The molecule has 1 aliphatic rings. The van der Waals surface area contributed by atoms with E-state index in [9.17, 15) is 0 Å². The van der Waals surface area contributed by atoms with Gasteiger partial charge in [-0.15, -0.1) is 0 Å². The van der Waals surface area contributed by atoms with Crippen molar-refractivity contribution in [2.75, 3.05) is 37.8 Å². The minimum Gasteiger partial charge on any atom is -0.397 e. The van der Waals surface area contributed by atoms with Gasteiger partial charge in [0.05, 0.1) is 11.4 Å². The number of piperidine rings is 1. The molecule has 0 saturated carbocycles. The molecule has 0 unspecified atom stereocenters. The molecule has 1 saturated heterocycles. The number of anilines is 2. The molecule has 17 heavy (non-hydrogen) atoms. The van der Waals surface area contributed by atoms with Gasteiger partial charge in [-0.3, -0.25) is 0 Å².